The number of thiazole rings is 1. The Morgan fingerprint density at radius 1 is 1.04 bits per heavy atom. The Morgan fingerprint density at radius 2 is 1.73 bits per heavy atom. The number of anilines is 2. The zero-order valence-corrected chi connectivity index (χ0v) is 27.2. The lowest BCUT2D eigenvalue weighted by atomic mass is 9.83. The maximum Gasteiger partial charge on any atom is 0.308 e. The maximum absolute atomic E-state index is 14.0. The SMILES string of the molecule is COc1cc([C@@H]2c3sc(=O)n(CC(=O)Nc4ccc(S(N)(=O)=O)cc4)c3S[C@@H]3C(=O)N(c4ccc(Br)cc4)C(=O)[C@H]23)ccc1O. The number of carbonyl (C=O) groups is 3. The first-order chi connectivity index (χ1) is 21.4. The molecule has 1 fully saturated rings. The van der Waals surface area contributed by atoms with Gasteiger partial charge in [0.15, 0.2) is 11.5 Å². The minimum absolute atomic E-state index is 0.118. The summed E-state index contributed by atoms with van der Waals surface area (Å²) in [4.78, 5) is 55.4. The first-order valence-electron chi connectivity index (χ1n) is 13.2. The molecule has 6 rings (SSSR count). The van der Waals surface area contributed by atoms with E-state index in [-0.39, 0.29) is 22.1 Å². The molecule has 2 aliphatic rings. The second-order valence-electron chi connectivity index (χ2n) is 10.2. The number of primary sulfonamides is 1. The first kappa shape index (κ1) is 31.0. The van der Waals surface area contributed by atoms with Gasteiger partial charge in [-0.3, -0.25) is 23.7 Å². The number of phenolic OH excluding ortho intramolecular Hbond substituents is 1. The Labute approximate surface area is 273 Å². The number of nitrogens with two attached hydrogens (primary N) is 1. The van der Waals surface area contributed by atoms with E-state index in [1.54, 1.807) is 36.4 Å². The maximum atomic E-state index is 14.0. The van der Waals surface area contributed by atoms with Crippen LogP contribution in [-0.2, 0) is 31.0 Å². The predicted molar refractivity (Wildman–Crippen MR) is 171 cm³/mol. The summed E-state index contributed by atoms with van der Waals surface area (Å²) < 4.78 is 30.5. The van der Waals surface area contributed by atoms with Crippen LogP contribution in [0, 0.1) is 5.92 Å². The molecule has 3 heterocycles. The van der Waals surface area contributed by atoms with Gasteiger partial charge in [0.1, 0.15) is 11.8 Å². The van der Waals surface area contributed by atoms with Crippen molar-refractivity contribution >= 4 is 78.1 Å². The lowest BCUT2D eigenvalue weighted by Gasteiger charge is -2.31. The third-order valence-electron chi connectivity index (χ3n) is 7.47. The van der Waals surface area contributed by atoms with Gasteiger partial charge in [0.05, 0.1) is 28.6 Å². The van der Waals surface area contributed by atoms with Crippen LogP contribution in [0.3, 0.4) is 0 Å². The van der Waals surface area contributed by atoms with Crippen molar-refractivity contribution in [3.05, 3.63) is 91.3 Å². The van der Waals surface area contributed by atoms with Gasteiger partial charge < -0.3 is 15.2 Å². The van der Waals surface area contributed by atoms with Crippen molar-refractivity contribution in [2.45, 2.75) is 27.6 Å². The zero-order chi connectivity index (χ0) is 32.2. The molecule has 0 saturated carbocycles. The highest BCUT2D eigenvalue weighted by molar-refractivity contribution is 9.10. The number of halogens is 1. The number of phenols is 1. The summed E-state index contributed by atoms with van der Waals surface area (Å²) in [6, 6.07) is 16.6. The van der Waals surface area contributed by atoms with Crippen LogP contribution in [0.4, 0.5) is 11.4 Å². The zero-order valence-electron chi connectivity index (χ0n) is 23.2. The number of benzene rings is 3. The van der Waals surface area contributed by atoms with E-state index >= 15 is 0 Å². The largest absolute Gasteiger partial charge is 0.504 e. The number of ether oxygens (including phenoxy) is 1. The molecule has 2 aliphatic heterocycles. The molecule has 16 heteroatoms. The van der Waals surface area contributed by atoms with E-state index in [1.165, 1.54) is 42.0 Å². The van der Waals surface area contributed by atoms with Crippen molar-refractivity contribution in [2.75, 3.05) is 17.3 Å². The fraction of sp³-hybridized carbons (Fsp3) is 0.172. The monoisotopic (exact) mass is 730 g/mol. The molecule has 3 aromatic carbocycles. The number of thioether (sulfide) groups is 1. The smallest absolute Gasteiger partial charge is 0.308 e. The molecular weight excluding hydrogens is 708 g/mol. The number of methoxy groups -OCH3 is 1. The molecular formula is C29H23BrN4O8S3. The molecule has 45 heavy (non-hydrogen) atoms. The van der Waals surface area contributed by atoms with Crippen LogP contribution in [0.5, 0.6) is 11.5 Å². The van der Waals surface area contributed by atoms with Crippen molar-refractivity contribution in [3.63, 3.8) is 0 Å². The Morgan fingerprint density at radius 3 is 2.38 bits per heavy atom. The third-order valence-corrected chi connectivity index (χ3v) is 11.5. The highest BCUT2D eigenvalue weighted by Crippen LogP contribution is 2.54. The summed E-state index contributed by atoms with van der Waals surface area (Å²) >= 11 is 5.31. The first-order valence-corrected chi connectivity index (χ1v) is 17.2. The van der Waals surface area contributed by atoms with Gasteiger partial charge in [-0.25, -0.2) is 18.5 Å². The Hall–Kier alpha value is -3.96. The van der Waals surface area contributed by atoms with Gasteiger partial charge in [0.25, 0.3) is 0 Å². The minimum atomic E-state index is -3.92. The third kappa shape index (κ3) is 5.68. The number of fused-ring (bicyclic) bond motifs is 2. The number of aromatic nitrogens is 1. The normalized spacial score (nSPS) is 19.3. The molecule has 0 aliphatic carbocycles. The molecule has 4 N–H and O–H groups in total. The Kier molecular flexibility index (Phi) is 8.11. The van der Waals surface area contributed by atoms with Gasteiger partial charge in [-0.05, 0) is 66.2 Å². The van der Waals surface area contributed by atoms with Crippen molar-refractivity contribution in [1.29, 1.82) is 0 Å². The Bertz CT molecular complexity index is 2030. The fourth-order valence-electron chi connectivity index (χ4n) is 5.42. The Balaban J connectivity index is 1.39. The molecule has 1 saturated heterocycles. The number of imide groups is 1. The van der Waals surface area contributed by atoms with Gasteiger partial charge in [0.2, 0.25) is 27.7 Å². The van der Waals surface area contributed by atoms with Crippen molar-refractivity contribution in [1.82, 2.24) is 4.57 Å². The second kappa shape index (κ2) is 11.8. The number of nitrogens with zero attached hydrogens (tertiary/aromatic N) is 2. The molecule has 3 atom stereocenters. The van der Waals surface area contributed by atoms with E-state index in [0.717, 1.165) is 32.5 Å². The van der Waals surface area contributed by atoms with Crippen molar-refractivity contribution < 1.29 is 32.6 Å². The van der Waals surface area contributed by atoms with Gasteiger partial charge in [-0.1, -0.05) is 45.1 Å². The number of sulfonamides is 1. The van der Waals surface area contributed by atoms with Crippen LogP contribution >= 0.6 is 39.0 Å². The lowest BCUT2D eigenvalue weighted by molar-refractivity contribution is -0.122. The van der Waals surface area contributed by atoms with E-state index in [9.17, 15) is 32.7 Å². The average Bonchev–Trinajstić information content (AvgIpc) is 3.44. The molecule has 1 aromatic heterocycles. The van der Waals surface area contributed by atoms with Crippen LogP contribution in [0.25, 0.3) is 0 Å². The van der Waals surface area contributed by atoms with E-state index in [0.29, 0.717) is 21.2 Å². The number of rotatable bonds is 7. The van der Waals surface area contributed by atoms with E-state index in [2.05, 4.69) is 21.2 Å². The molecule has 0 bridgehead atoms. The lowest BCUT2D eigenvalue weighted by Crippen LogP contribution is -2.33. The highest BCUT2D eigenvalue weighted by Gasteiger charge is 2.57. The molecule has 12 nitrogen and oxygen atoms in total. The molecule has 232 valence electrons. The number of amides is 3. The molecule has 4 aromatic rings. The van der Waals surface area contributed by atoms with Gasteiger partial charge >= 0.3 is 4.87 Å². The number of hydrogen-bond acceptors (Lipinski definition) is 10. The van der Waals surface area contributed by atoms with Crippen LogP contribution in [0.1, 0.15) is 16.4 Å². The second-order valence-corrected chi connectivity index (χ2v) is 14.8. The van der Waals surface area contributed by atoms with Crippen LogP contribution < -0.4 is 25.0 Å². The molecule has 0 spiro atoms. The summed E-state index contributed by atoms with van der Waals surface area (Å²) in [6.07, 6.45) is 0. The van der Waals surface area contributed by atoms with Gasteiger partial charge in [-0.15, -0.1) is 0 Å². The predicted octanol–water partition coefficient (Wildman–Crippen LogP) is 3.47. The number of nitrogens with one attached hydrogen (secondary N) is 1. The van der Waals surface area contributed by atoms with E-state index in [4.69, 9.17) is 9.88 Å². The van der Waals surface area contributed by atoms with Crippen LogP contribution in [0.2, 0.25) is 0 Å². The quantitative estimate of drug-likeness (QED) is 0.240. The van der Waals surface area contributed by atoms with Crippen molar-refractivity contribution in [3.8, 4) is 11.5 Å². The van der Waals surface area contributed by atoms with Crippen LogP contribution in [0.15, 0.2) is 85.9 Å². The number of carbonyl (C=O) groups excluding carboxylic acids is 3. The van der Waals surface area contributed by atoms with Crippen molar-refractivity contribution in [2.24, 2.45) is 11.1 Å². The number of hydrogen-bond donors (Lipinski definition) is 3. The fourth-order valence-corrected chi connectivity index (χ4v) is 8.97. The van der Waals surface area contributed by atoms with Crippen LogP contribution in [-0.4, -0.2) is 48.2 Å². The standard InChI is InChI=1S/C29H23BrN4O8S3/c1-42-20-12-14(2-11-19(20)35)22-23-24(27(38)34(26(23)37)17-7-3-15(30)4-8-17)43-28-25(22)44-29(39)33(28)13-21(36)32-16-5-9-18(10-6-16)45(31,40)41/h2-12,22-24,35H,13H2,1H3,(H,32,36)(H2,31,40,41)/t22-,23+,24-/m0/s1. The van der Waals surface area contributed by atoms with Gasteiger partial charge in [-0.2, -0.15) is 0 Å². The minimum Gasteiger partial charge on any atom is -0.504 e. The molecule has 0 radical (unpaired) electrons. The van der Waals surface area contributed by atoms with E-state index in [1.807, 2.05) is 0 Å². The molecule has 3 amide bonds. The highest BCUT2D eigenvalue weighted by atomic mass is 79.9. The van der Waals surface area contributed by atoms with E-state index < -0.39 is 56.2 Å². The van der Waals surface area contributed by atoms with Gasteiger partial charge in [0, 0.05) is 21.0 Å². The summed E-state index contributed by atoms with van der Waals surface area (Å²) in [5, 5.41) is 17.5. The average molecular weight is 732 g/mol. The summed E-state index contributed by atoms with van der Waals surface area (Å²) in [5.41, 5.74) is 1.24. The number of aromatic hydroxyl groups is 1. The molecule has 0 unspecified atom stereocenters. The topological polar surface area (TPSA) is 178 Å². The summed E-state index contributed by atoms with van der Waals surface area (Å²) in [5.74, 6) is -3.06. The summed E-state index contributed by atoms with van der Waals surface area (Å²) in [6.45, 7) is -0.407. The summed E-state index contributed by atoms with van der Waals surface area (Å²) in [7, 11) is -2.53.